The number of hydrogen-bond donors (Lipinski definition) is 3. The van der Waals surface area contributed by atoms with Crippen LogP contribution in [0, 0.1) is 13.8 Å². The second kappa shape index (κ2) is 10.1. The lowest BCUT2D eigenvalue weighted by Gasteiger charge is -2.10. The fourth-order valence-corrected chi connectivity index (χ4v) is 3.88. The molecule has 0 unspecified atom stereocenters. The van der Waals surface area contributed by atoms with Crippen molar-refractivity contribution in [2.75, 3.05) is 10.0 Å². The van der Waals surface area contributed by atoms with E-state index >= 15 is 0 Å². The molecule has 2 aromatic carbocycles. The lowest BCUT2D eigenvalue weighted by Crippen LogP contribution is -2.32. The molecule has 0 fully saturated rings. The van der Waals surface area contributed by atoms with E-state index in [4.69, 9.17) is 12.2 Å². The topological polar surface area (TPSA) is 113 Å². The van der Waals surface area contributed by atoms with Gasteiger partial charge < -0.3 is 5.32 Å². The van der Waals surface area contributed by atoms with E-state index in [1.165, 1.54) is 30.3 Å². The number of nitrogens with one attached hydrogen (secondary N) is 3. The number of anilines is 2. The van der Waals surface area contributed by atoms with Crippen molar-refractivity contribution in [3.8, 4) is 0 Å². The molecule has 32 heavy (non-hydrogen) atoms. The van der Waals surface area contributed by atoms with Crippen molar-refractivity contribution in [1.82, 2.24) is 15.3 Å². The average Bonchev–Trinajstić information content (AvgIpc) is 2.72. The number of thiocarbonyl (C=S) groups is 1. The van der Waals surface area contributed by atoms with Crippen LogP contribution in [0.5, 0.6) is 0 Å². The highest BCUT2D eigenvalue weighted by molar-refractivity contribution is 7.92. The van der Waals surface area contributed by atoms with Crippen LogP contribution < -0.4 is 15.4 Å². The SMILES string of the molecule is Cc1cc(C)nc(NS(=O)(=O)c2ccc(NC(=S)NC(=O)/C=C/c3ccccc3)cc2)n1. The van der Waals surface area contributed by atoms with Crippen LogP contribution >= 0.6 is 12.2 Å². The second-order valence-corrected chi connectivity index (χ2v) is 8.88. The largest absolute Gasteiger partial charge is 0.332 e. The zero-order valence-electron chi connectivity index (χ0n) is 17.4. The molecule has 164 valence electrons. The molecule has 0 bridgehead atoms. The van der Waals surface area contributed by atoms with E-state index in [0.717, 1.165) is 5.56 Å². The van der Waals surface area contributed by atoms with Crippen LogP contribution in [-0.2, 0) is 14.8 Å². The summed E-state index contributed by atoms with van der Waals surface area (Å²) < 4.78 is 27.5. The Hall–Kier alpha value is -3.63. The highest BCUT2D eigenvalue weighted by atomic mass is 32.2. The van der Waals surface area contributed by atoms with Crippen molar-refractivity contribution >= 4 is 51.0 Å². The lowest BCUT2D eigenvalue weighted by molar-refractivity contribution is -0.115. The Balaban J connectivity index is 1.59. The number of carbonyl (C=O) groups excluding carboxylic acids is 1. The highest BCUT2D eigenvalue weighted by Gasteiger charge is 2.16. The molecule has 0 aliphatic carbocycles. The fraction of sp³-hybridized carbons (Fsp3) is 0.0909. The highest BCUT2D eigenvalue weighted by Crippen LogP contribution is 2.17. The van der Waals surface area contributed by atoms with Gasteiger partial charge in [-0.05, 0) is 68.0 Å². The number of rotatable bonds is 6. The summed E-state index contributed by atoms with van der Waals surface area (Å²) in [7, 11) is -3.86. The standard InChI is InChI=1S/C22H21N5O3S2/c1-15-14-16(2)24-21(23-15)27-32(29,30)19-11-9-18(10-12-19)25-22(31)26-20(28)13-8-17-6-4-3-5-7-17/h3-14H,1-2H3,(H,23,24,27)(H2,25,26,28,31)/b13-8+. The third-order valence-electron chi connectivity index (χ3n) is 4.09. The van der Waals surface area contributed by atoms with Crippen LogP contribution in [0.2, 0.25) is 0 Å². The van der Waals surface area contributed by atoms with Crippen LogP contribution in [0.15, 0.2) is 71.6 Å². The summed E-state index contributed by atoms with van der Waals surface area (Å²) in [6.45, 7) is 3.51. The molecule has 0 aliphatic heterocycles. The smallest absolute Gasteiger partial charge is 0.264 e. The molecule has 1 heterocycles. The first-order valence-corrected chi connectivity index (χ1v) is 11.4. The van der Waals surface area contributed by atoms with Gasteiger partial charge >= 0.3 is 0 Å². The normalized spacial score (nSPS) is 11.2. The number of hydrogen-bond acceptors (Lipinski definition) is 6. The number of amides is 1. The van der Waals surface area contributed by atoms with Crippen molar-refractivity contribution in [2.45, 2.75) is 18.7 Å². The van der Waals surface area contributed by atoms with E-state index in [1.54, 1.807) is 26.0 Å². The number of carbonyl (C=O) groups is 1. The molecular formula is C22H21N5O3S2. The average molecular weight is 468 g/mol. The van der Waals surface area contributed by atoms with Crippen LogP contribution in [-0.4, -0.2) is 29.4 Å². The summed E-state index contributed by atoms with van der Waals surface area (Å²) in [5, 5.41) is 5.46. The van der Waals surface area contributed by atoms with Gasteiger partial charge in [-0.25, -0.2) is 23.1 Å². The Bertz CT molecular complexity index is 1240. The maximum atomic E-state index is 12.6. The number of nitrogens with zero attached hydrogens (tertiary/aromatic N) is 2. The molecule has 3 rings (SSSR count). The first-order valence-electron chi connectivity index (χ1n) is 9.51. The molecule has 3 aromatic rings. The summed E-state index contributed by atoms with van der Waals surface area (Å²) >= 11 is 5.14. The summed E-state index contributed by atoms with van der Waals surface area (Å²) in [6.07, 6.45) is 3.05. The Kier molecular flexibility index (Phi) is 7.29. The van der Waals surface area contributed by atoms with Crippen LogP contribution in [0.25, 0.3) is 6.08 Å². The van der Waals surface area contributed by atoms with Gasteiger partial charge in [0.2, 0.25) is 11.9 Å². The molecule has 0 aliphatic rings. The van der Waals surface area contributed by atoms with Gasteiger partial charge in [-0.15, -0.1) is 0 Å². The van der Waals surface area contributed by atoms with E-state index < -0.39 is 10.0 Å². The zero-order chi connectivity index (χ0) is 23.1. The second-order valence-electron chi connectivity index (χ2n) is 6.79. The van der Waals surface area contributed by atoms with Crippen molar-refractivity contribution < 1.29 is 13.2 Å². The molecule has 10 heteroatoms. The van der Waals surface area contributed by atoms with Crippen molar-refractivity contribution in [1.29, 1.82) is 0 Å². The maximum Gasteiger partial charge on any atom is 0.264 e. The Morgan fingerprint density at radius 3 is 2.22 bits per heavy atom. The minimum atomic E-state index is -3.86. The van der Waals surface area contributed by atoms with Gasteiger partial charge in [0.25, 0.3) is 10.0 Å². The van der Waals surface area contributed by atoms with Crippen LogP contribution in [0.1, 0.15) is 17.0 Å². The van der Waals surface area contributed by atoms with E-state index in [0.29, 0.717) is 17.1 Å². The van der Waals surface area contributed by atoms with Gasteiger partial charge in [0, 0.05) is 23.2 Å². The van der Waals surface area contributed by atoms with Gasteiger partial charge in [-0.2, -0.15) is 0 Å². The monoisotopic (exact) mass is 467 g/mol. The molecule has 1 aromatic heterocycles. The van der Waals surface area contributed by atoms with E-state index in [9.17, 15) is 13.2 Å². The minimum Gasteiger partial charge on any atom is -0.332 e. The van der Waals surface area contributed by atoms with Gasteiger partial charge in [-0.1, -0.05) is 30.3 Å². The minimum absolute atomic E-state index is 0.0112. The number of aromatic nitrogens is 2. The first kappa shape index (κ1) is 23.0. The third-order valence-corrected chi connectivity index (χ3v) is 5.64. The van der Waals surface area contributed by atoms with Gasteiger partial charge in [0.1, 0.15) is 0 Å². The lowest BCUT2D eigenvalue weighted by atomic mass is 10.2. The Morgan fingerprint density at radius 1 is 0.969 bits per heavy atom. The number of sulfonamides is 1. The first-order chi connectivity index (χ1) is 15.2. The molecule has 0 atom stereocenters. The van der Waals surface area contributed by atoms with Gasteiger partial charge in [0.15, 0.2) is 5.11 Å². The van der Waals surface area contributed by atoms with E-state index in [-0.39, 0.29) is 21.9 Å². The summed E-state index contributed by atoms with van der Waals surface area (Å²) in [4.78, 5) is 20.2. The Labute approximate surface area is 191 Å². The molecule has 8 nitrogen and oxygen atoms in total. The quantitative estimate of drug-likeness (QED) is 0.376. The van der Waals surface area contributed by atoms with Gasteiger partial charge in [0.05, 0.1) is 4.90 Å². The summed E-state index contributed by atoms with van der Waals surface area (Å²) in [6, 6.07) is 17.0. The molecule has 0 saturated heterocycles. The van der Waals surface area contributed by atoms with Crippen molar-refractivity contribution in [3.05, 3.63) is 83.7 Å². The summed E-state index contributed by atoms with van der Waals surface area (Å²) in [5.74, 6) is -0.375. The number of benzene rings is 2. The third kappa shape index (κ3) is 6.69. The molecular weight excluding hydrogens is 446 g/mol. The van der Waals surface area contributed by atoms with Crippen molar-refractivity contribution in [3.63, 3.8) is 0 Å². The molecule has 0 radical (unpaired) electrons. The predicted octanol–water partition coefficient (Wildman–Crippen LogP) is 3.42. The number of aryl methyl sites for hydroxylation is 2. The van der Waals surface area contributed by atoms with Gasteiger partial charge in [-0.3, -0.25) is 10.1 Å². The molecule has 3 N–H and O–H groups in total. The fourth-order valence-electron chi connectivity index (χ4n) is 2.72. The van der Waals surface area contributed by atoms with Crippen LogP contribution in [0.4, 0.5) is 11.6 Å². The Morgan fingerprint density at radius 2 is 1.59 bits per heavy atom. The molecule has 0 spiro atoms. The molecule has 1 amide bonds. The summed E-state index contributed by atoms with van der Waals surface area (Å²) in [5.41, 5.74) is 2.72. The molecule has 0 saturated carbocycles. The maximum absolute atomic E-state index is 12.6. The van der Waals surface area contributed by atoms with Crippen molar-refractivity contribution in [2.24, 2.45) is 0 Å². The van der Waals surface area contributed by atoms with Crippen LogP contribution in [0.3, 0.4) is 0 Å². The zero-order valence-corrected chi connectivity index (χ0v) is 19.0. The van der Waals surface area contributed by atoms with E-state index in [2.05, 4.69) is 25.3 Å². The van der Waals surface area contributed by atoms with E-state index in [1.807, 2.05) is 30.3 Å². The predicted molar refractivity (Wildman–Crippen MR) is 129 cm³/mol.